The molecule has 1 aromatic rings. The number of rotatable bonds is 2. The fourth-order valence-corrected chi connectivity index (χ4v) is 0.896. The lowest BCUT2D eigenvalue weighted by Crippen LogP contribution is -2.12. The molecule has 0 radical (unpaired) electrons. The van der Waals surface area contributed by atoms with Gasteiger partial charge < -0.3 is 10.5 Å². The molecule has 3 nitrogen and oxygen atoms in total. The van der Waals surface area contributed by atoms with Gasteiger partial charge in [-0.3, -0.25) is 0 Å². The molecule has 0 spiro atoms. The largest absolute Gasteiger partial charge is 0.445 e. The van der Waals surface area contributed by atoms with E-state index in [1.54, 1.807) is 0 Å². The van der Waals surface area contributed by atoms with E-state index < -0.39 is 6.09 Å². The van der Waals surface area contributed by atoms with Crippen LogP contribution in [-0.4, -0.2) is 6.09 Å². The van der Waals surface area contributed by atoms with Crippen LogP contribution in [0, 0.1) is 0 Å². The summed E-state index contributed by atoms with van der Waals surface area (Å²) in [5.41, 5.74) is 5.69. The number of primary amides is 1. The van der Waals surface area contributed by atoms with E-state index in [1.807, 2.05) is 24.3 Å². The van der Waals surface area contributed by atoms with Crippen molar-refractivity contribution in [3.63, 3.8) is 0 Å². The summed E-state index contributed by atoms with van der Waals surface area (Å²) in [7, 11) is 0. The van der Waals surface area contributed by atoms with Crippen molar-refractivity contribution in [2.75, 3.05) is 0 Å². The zero-order valence-electron chi connectivity index (χ0n) is 6.36. The summed E-state index contributed by atoms with van der Waals surface area (Å²) in [6.07, 6.45) is -0.759. The monoisotopic (exact) mass is 185 g/mol. The topological polar surface area (TPSA) is 52.3 Å². The maximum atomic E-state index is 10.2. The number of nitrogens with two attached hydrogens (primary N) is 1. The molecule has 12 heavy (non-hydrogen) atoms. The first-order chi connectivity index (χ1) is 5.68. The molecule has 0 unspecified atom stereocenters. The molecule has 0 bridgehead atoms. The van der Waals surface area contributed by atoms with Crippen molar-refractivity contribution in [1.82, 2.24) is 0 Å². The number of thiol groups is 1. The Hall–Kier alpha value is -1.16. The van der Waals surface area contributed by atoms with Crippen molar-refractivity contribution in [3.05, 3.63) is 29.8 Å². The Balaban J connectivity index is 0.00000144. The second-order valence-electron chi connectivity index (χ2n) is 2.27. The summed E-state index contributed by atoms with van der Waals surface area (Å²) in [4.78, 5) is 11.1. The first kappa shape index (κ1) is 8.93. The van der Waals surface area contributed by atoms with Crippen LogP contribution in [0.5, 0.6) is 0 Å². The molecule has 0 saturated carbocycles. The minimum atomic E-state index is -0.759. The molecule has 2 N–H and O–H groups in total. The molecule has 0 aliphatic carbocycles. The van der Waals surface area contributed by atoms with Gasteiger partial charge in [-0.1, -0.05) is 12.1 Å². The Morgan fingerprint density at radius 3 is 2.58 bits per heavy atom. The van der Waals surface area contributed by atoms with Crippen LogP contribution in [0.1, 0.15) is 6.99 Å². The van der Waals surface area contributed by atoms with E-state index in [-0.39, 0.29) is 8.03 Å². The maximum Gasteiger partial charge on any atom is 0.404 e. The van der Waals surface area contributed by atoms with Gasteiger partial charge in [-0.2, -0.15) is 0 Å². The van der Waals surface area contributed by atoms with E-state index >= 15 is 0 Å². The minimum absolute atomic E-state index is 0. The van der Waals surface area contributed by atoms with Gasteiger partial charge in [0.15, 0.2) is 0 Å². The molecule has 0 saturated heterocycles. The zero-order chi connectivity index (χ0) is 8.97. The number of hydrogen-bond donors (Lipinski definition) is 2. The lowest BCUT2D eigenvalue weighted by atomic mass is 10.2. The van der Waals surface area contributed by atoms with Crippen molar-refractivity contribution in [3.8, 4) is 0 Å². The third-order valence-electron chi connectivity index (χ3n) is 1.32. The molecule has 0 aliphatic rings. The second kappa shape index (κ2) is 4.01. The van der Waals surface area contributed by atoms with Gasteiger partial charge in [0.1, 0.15) is 6.61 Å². The maximum absolute atomic E-state index is 10.2. The molecule has 0 heterocycles. The van der Waals surface area contributed by atoms with Crippen LogP contribution >= 0.6 is 12.6 Å². The Kier molecular flexibility index (Phi) is 2.99. The van der Waals surface area contributed by atoms with Gasteiger partial charge in [-0.05, 0) is 17.7 Å². The van der Waals surface area contributed by atoms with Gasteiger partial charge in [0, 0.05) is 6.32 Å². The van der Waals surface area contributed by atoms with E-state index in [2.05, 4.69) is 17.4 Å². The second-order valence-corrected chi connectivity index (χ2v) is 2.79. The summed E-state index contributed by atoms with van der Waals surface area (Å²) in [6, 6.07) is 7.29. The molecule has 1 aromatic carbocycles. The van der Waals surface area contributed by atoms with Crippen molar-refractivity contribution in [2.45, 2.75) is 11.5 Å². The van der Waals surface area contributed by atoms with E-state index in [0.717, 1.165) is 10.5 Å². The Morgan fingerprint density at radius 2 is 2.08 bits per heavy atom. The number of hydrogen-bond acceptors (Lipinski definition) is 3. The Morgan fingerprint density at radius 1 is 1.50 bits per heavy atom. The fraction of sp³-hybridized carbons (Fsp3) is 0.125. The van der Waals surface area contributed by atoms with Crippen molar-refractivity contribution in [1.29, 1.82) is 0 Å². The molecular weight excluding hydrogens is 174 g/mol. The van der Waals surface area contributed by atoms with Crippen LogP contribution in [0.4, 0.5) is 4.79 Å². The Bertz CT molecular complexity index is 276. The number of carbonyl (C=O) groups excluding carboxylic acids is 1. The highest BCUT2D eigenvalue weighted by Crippen LogP contribution is 2.08. The fourth-order valence-electron chi connectivity index (χ4n) is 0.747. The van der Waals surface area contributed by atoms with Crippen molar-refractivity contribution in [2.24, 2.45) is 5.73 Å². The molecule has 0 fully saturated rings. The number of ether oxygens (including phenoxy) is 1. The molecular formula is C8H11NO2S. The lowest BCUT2D eigenvalue weighted by molar-refractivity contribution is 0.150. The zero-order valence-corrected chi connectivity index (χ0v) is 7.25. The van der Waals surface area contributed by atoms with Gasteiger partial charge in [-0.15, -0.1) is 12.6 Å². The van der Waals surface area contributed by atoms with E-state index in [4.69, 9.17) is 5.73 Å². The molecule has 0 aliphatic heterocycles. The average Bonchev–Trinajstić information content (AvgIpc) is 2.03. The van der Waals surface area contributed by atoms with Crippen LogP contribution in [0.3, 0.4) is 0 Å². The smallest absolute Gasteiger partial charge is 0.404 e. The van der Waals surface area contributed by atoms with E-state index in [9.17, 15) is 4.79 Å². The molecule has 0 atom stereocenters. The van der Waals surface area contributed by atoms with Crippen LogP contribution < -0.4 is 5.73 Å². The summed E-state index contributed by atoms with van der Waals surface area (Å²) >= 11 is 4.11. The van der Waals surface area contributed by atoms with Gasteiger partial charge in [0.25, 0.3) is 0 Å². The molecule has 1 amide bonds. The Labute approximate surface area is 77.4 Å². The van der Waals surface area contributed by atoms with Crippen molar-refractivity contribution >= 4 is 18.7 Å². The van der Waals surface area contributed by atoms with Crippen LogP contribution in [-0.2, 0) is 11.3 Å². The van der Waals surface area contributed by atoms with Crippen LogP contribution in [0.15, 0.2) is 29.2 Å². The van der Waals surface area contributed by atoms with Crippen LogP contribution in [0.25, 0.3) is 0 Å². The normalized spacial score (nSPS) is 9.42. The summed E-state index contributed by atoms with van der Waals surface area (Å²) in [5.74, 6) is 0. The predicted octanol–water partition coefficient (Wildman–Crippen LogP) is 1.82. The highest BCUT2D eigenvalue weighted by atomic mass is 32.1. The quantitative estimate of drug-likeness (QED) is 0.690. The third kappa shape index (κ3) is 2.84. The molecule has 1 rings (SSSR count). The average molecular weight is 185 g/mol. The van der Waals surface area contributed by atoms with Crippen molar-refractivity contribution < 1.29 is 11.0 Å². The van der Waals surface area contributed by atoms with Gasteiger partial charge in [0.2, 0.25) is 0 Å². The number of carbonyl (C=O) groups is 1. The third-order valence-corrected chi connectivity index (χ3v) is 1.62. The molecule has 4 heteroatoms. The van der Waals surface area contributed by atoms with Gasteiger partial charge in [-0.25, -0.2) is 4.79 Å². The first-order valence-corrected chi connectivity index (χ1v) is 3.83. The number of benzene rings is 1. The molecule has 66 valence electrons. The first-order valence-electron chi connectivity index (χ1n) is 3.38. The summed E-state index contributed by atoms with van der Waals surface area (Å²) in [5, 5.41) is 0. The lowest BCUT2D eigenvalue weighted by Gasteiger charge is -2.00. The SMILES string of the molecule is NC(=O)OCc1ccc(S)cc1.[HH]. The standard InChI is InChI=1S/C8H9NO2S.H2/c9-8(10)11-5-6-1-3-7(12)4-2-6;/h1-4,12H,5H2,(H2,9,10);1H. The minimum Gasteiger partial charge on any atom is -0.445 e. The number of amides is 1. The summed E-state index contributed by atoms with van der Waals surface area (Å²) < 4.78 is 4.58. The van der Waals surface area contributed by atoms with Gasteiger partial charge >= 0.3 is 6.09 Å². The highest BCUT2D eigenvalue weighted by Gasteiger charge is 1.95. The van der Waals surface area contributed by atoms with Gasteiger partial charge in [0.05, 0.1) is 0 Å². The van der Waals surface area contributed by atoms with E-state index in [0.29, 0.717) is 0 Å². The predicted molar refractivity (Wildman–Crippen MR) is 50.2 cm³/mol. The summed E-state index contributed by atoms with van der Waals surface area (Å²) in [6.45, 7) is 0.212. The van der Waals surface area contributed by atoms with Crippen LogP contribution in [0.2, 0.25) is 0 Å². The van der Waals surface area contributed by atoms with E-state index in [1.165, 1.54) is 0 Å². The molecule has 0 aromatic heterocycles. The highest BCUT2D eigenvalue weighted by molar-refractivity contribution is 7.80.